The number of nitrogens with one attached hydrogen (secondary N) is 1. The molecule has 30 heavy (non-hydrogen) atoms. The van der Waals surface area contributed by atoms with Crippen LogP contribution in [0.1, 0.15) is 30.2 Å². The summed E-state index contributed by atoms with van der Waals surface area (Å²) in [4.78, 5) is 14.3. The maximum Gasteiger partial charge on any atom is 0.322 e. The van der Waals surface area contributed by atoms with Gasteiger partial charge in [-0.3, -0.25) is 4.68 Å². The summed E-state index contributed by atoms with van der Waals surface area (Å²) in [7, 11) is 0. The quantitative estimate of drug-likeness (QED) is 0.636. The summed E-state index contributed by atoms with van der Waals surface area (Å²) in [5, 5.41) is 34.8. The van der Waals surface area contributed by atoms with E-state index in [1.54, 1.807) is 29.7 Å². The van der Waals surface area contributed by atoms with Gasteiger partial charge < -0.3 is 20.4 Å². The number of rotatable bonds is 1. The number of fused-ring (bicyclic) bond motifs is 3. The molecule has 4 rings (SSSR count). The van der Waals surface area contributed by atoms with E-state index in [-0.39, 0.29) is 18.2 Å². The Kier molecular flexibility index (Phi) is 7.31. The second-order valence-corrected chi connectivity index (χ2v) is 8.01. The number of carbonyl (C=O) groups excluding carboxylic acids is 1. The first-order chi connectivity index (χ1) is 14.5. The van der Waals surface area contributed by atoms with Crippen molar-refractivity contribution in [3.63, 3.8) is 0 Å². The van der Waals surface area contributed by atoms with Crippen LogP contribution in [0.2, 0.25) is 0 Å². The number of hydrogen-bond acceptors (Lipinski definition) is 6. The molecule has 2 aliphatic rings. The molecule has 0 aliphatic carbocycles. The molecule has 2 amide bonds. The van der Waals surface area contributed by atoms with Crippen LogP contribution in [0.25, 0.3) is 0 Å². The van der Waals surface area contributed by atoms with Crippen molar-refractivity contribution in [2.45, 2.75) is 44.0 Å². The van der Waals surface area contributed by atoms with E-state index in [0.717, 1.165) is 28.5 Å². The molecule has 2 aromatic rings. The van der Waals surface area contributed by atoms with E-state index in [2.05, 4.69) is 10.4 Å². The first-order valence-electron chi connectivity index (χ1n) is 9.72. The van der Waals surface area contributed by atoms with Crippen molar-refractivity contribution in [2.75, 3.05) is 24.2 Å². The van der Waals surface area contributed by atoms with Crippen molar-refractivity contribution in [3.8, 4) is 6.07 Å². The zero-order valence-corrected chi connectivity index (χ0v) is 17.5. The average Bonchev–Trinajstić information content (AvgIpc) is 2.94. The number of aromatic nitrogens is 2. The fourth-order valence-corrected chi connectivity index (χ4v) is 4.54. The zero-order valence-electron chi connectivity index (χ0n) is 16.6. The first-order valence-corrected chi connectivity index (χ1v) is 10.7. The highest BCUT2D eigenvalue weighted by molar-refractivity contribution is 7.99. The maximum absolute atomic E-state index is 13.4. The molecule has 0 bridgehead atoms. The number of anilines is 1. The van der Waals surface area contributed by atoms with Crippen molar-refractivity contribution in [3.05, 3.63) is 40.8 Å². The average molecular weight is 434 g/mol. The summed E-state index contributed by atoms with van der Waals surface area (Å²) in [5.74, 6) is 0.206. The molecule has 0 fully saturated rings. The minimum atomic E-state index is -0.611. The van der Waals surface area contributed by atoms with Crippen molar-refractivity contribution in [2.24, 2.45) is 0 Å². The fraction of sp³-hybridized carbons (Fsp3) is 0.450. The summed E-state index contributed by atoms with van der Waals surface area (Å²) >= 11 is 1.66. The van der Waals surface area contributed by atoms with Gasteiger partial charge in [0.2, 0.25) is 0 Å². The third kappa shape index (κ3) is 4.92. The molecule has 0 radical (unpaired) electrons. The number of nitrogens with zero attached hydrogens (tertiary/aromatic N) is 4. The summed E-state index contributed by atoms with van der Waals surface area (Å²) in [6.45, 7) is 3.37. The van der Waals surface area contributed by atoms with Crippen molar-refractivity contribution < 1.29 is 19.4 Å². The topological polar surface area (TPSA) is 114 Å². The third-order valence-electron chi connectivity index (χ3n) is 4.75. The number of aliphatic hydroxyl groups excluding tert-OH is 2. The predicted octanol–water partition coefficient (Wildman–Crippen LogP) is 2.34. The molecule has 1 atom stereocenters. The van der Waals surface area contributed by atoms with Gasteiger partial charge in [-0.25, -0.2) is 9.18 Å². The molecular formula is C20H24FN5O3S. The molecule has 2 aliphatic heterocycles. The van der Waals surface area contributed by atoms with Crippen LogP contribution >= 0.6 is 11.8 Å². The number of thioether (sulfide) groups is 1. The molecule has 1 aromatic heterocycles. The lowest BCUT2D eigenvalue weighted by Crippen LogP contribution is -2.38. The molecular weight excluding hydrogens is 409 g/mol. The van der Waals surface area contributed by atoms with Gasteiger partial charge in [0.15, 0.2) is 0 Å². The van der Waals surface area contributed by atoms with Crippen molar-refractivity contribution in [1.82, 2.24) is 14.7 Å². The van der Waals surface area contributed by atoms with Crippen LogP contribution in [0, 0.1) is 17.1 Å². The number of aliphatic hydroxyl groups is 2. The number of hydrogen-bond donors (Lipinski definition) is 3. The highest BCUT2D eigenvalue weighted by Gasteiger charge is 2.29. The minimum Gasteiger partial charge on any atom is -0.397 e. The molecule has 1 aromatic carbocycles. The van der Waals surface area contributed by atoms with Gasteiger partial charge in [-0.15, -0.1) is 11.8 Å². The standard InChI is InChI=1S/C18H18FN5O2S.C2H6O/c19-15-2-1-12(7-11(15)8-20)21-18(26)23-5-3-16-14(10-23)17-24(22-16)9-13(25)4-6-27-17;1-2-3/h1-2,7,13,25H,3-6,9-10H2,(H,21,26);3H,2H2,1H3. The SMILES string of the molecule is CCO.N#Cc1cc(NC(=O)N2CCc3nn4c(c3C2)SCCC(O)C4)ccc1F. The van der Waals surface area contributed by atoms with Gasteiger partial charge in [0.25, 0.3) is 0 Å². The van der Waals surface area contributed by atoms with Gasteiger partial charge in [-0.05, 0) is 31.5 Å². The number of amides is 2. The van der Waals surface area contributed by atoms with Gasteiger partial charge in [0.05, 0.1) is 35.5 Å². The smallest absolute Gasteiger partial charge is 0.322 e. The van der Waals surface area contributed by atoms with E-state index >= 15 is 0 Å². The first kappa shape index (κ1) is 22.1. The van der Waals surface area contributed by atoms with Crippen LogP contribution < -0.4 is 5.32 Å². The number of nitriles is 1. The molecule has 160 valence electrons. The second-order valence-electron chi connectivity index (χ2n) is 6.93. The summed E-state index contributed by atoms with van der Waals surface area (Å²) < 4.78 is 15.3. The number of carbonyl (C=O) groups is 1. The lowest BCUT2D eigenvalue weighted by molar-refractivity contribution is 0.145. The molecule has 1 unspecified atom stereocenters. The highest BCUT2D eigenvalue weighted by atomic mass is 32.2. The van der Waals surface area contributed by atoms with Crippen LogP contribution in [0.4, 0.5) is 14.9 Å². The summed E-state index contributed by atoms with van der Waals surface area (Å²) in [5.41, 5.74) is 2.29. The number of urea groups is 1. The Morgan fingerprint density at radius 2 is 2.27 bits per heavy atom. The van der Waals surface area contributed by atoms with E-state index in [0.29, 0.717) is 31.7 Å². The third-order valence-corrected chi connectivity index (χ3v) is 5.92. The lowest BCUT2D eigenvalue weighted by atomic mass is 10.1. The molecule has 0 saturated carbocycles. The van der Waals surface area contributed by atoms with E-state index in [9.17, 15) is 14.3 Å². The fourth-order valence-electron chi connectivity index (χ4n) is 3.33. The van der Waals surface area contributed by atoms with Gasteiger partial charge >= 0.3 is 6.03 Å². The zero-order chi connectivity index (χ0) is 21.7. The van der Waals surface area contributed by atoms with Gasteiger partial charge in [-0.2, -0.15) is 10.4 Å². The van der Waals surface area contributed by atoms with Crippen LogP contribution in [0.5, 0.6) is 0 Å². The Morgan fingerprint density at radius 3 is 3.00 bits per heavy atom. The van der Waals surface area contributed by atoms with Crippen LogP contribution in [0.15, 0.2) is 23.2 Å². The highest BCUT2D eigenvalue weighted by Crippen LogP contribution is 2.33. The number of benzene rings is 1. The summed E-state index contributed by atoms with van der Waals surface area (Å²) in [6.07, 6.45) is 0.970. The Labute approximate surface area is 178 Å². The largest absolute Gasteiger partial charge is 0.397 e. The Morgan fingerprint density at radius 1 is 1.50 bits per heavy atom. The molecule has 3 N–H and O–H groups in total. The molecule has 0 spiro atoms. The van der Waals surface area contributed by atoms with Crippen molar-refractivity contribution in [1.29, 1.82) is 5.26 Å². The van der Waals surface area contributed by atoms with E-state index in [4.69, 9.17) is 10.4 Å². The number of halogens is 1. The Balaban J connectivity index is 0.000000806. The molecule has 0 saturated heterocycles. The maximum atomic E-state index is 13.4. The lowest BCUT2D eigenvalue weighted by Gasteiger charge is -2.27. The second kappa shape index (κ2) is 9.93. The Bertz CT molecular complexity index is 959. The predicted molar refractivity (Wildman–Crippen MR) is 111 cm³/mol. The van der Waals surface area contributed by atoms with E-state index < -0.39 is 11.9 Å². The minimum absolute atomic E-state index is 0.106. The monoisotopic (exact) mass is 433 g/mol. The van der Waals surface area contributed by atoms with E-state index in [1.807, 2.05) is 4.68 Å². The van der Waals surface area contributed by atoms with Crippen LogP contribution in [-0.2, 0) is 19.5 Å². The Hall–Kier alpha value is -2.61. The normalized spacial score (nSPS) is 17.6. The van der Waals surface area contributed by atoms with Gasteiger partial charge in [0, 0.05) is 36.6 Å². The van der Waals surface area contributed by atoms with Crippen LogP contribution in [-0.4, -0.2) is 55.9 Å². The van der Waals surface area contributed by atoms with Gasteiger partial charge in [0.1, 0.15) is 11.9 Å². The van der Waals surface area contributed by atoms with Gasteiger partial charge in [-0.1, -0.05) is 0 Å². The summed E-state index contributed by atoms with van der Waals surface area (Å²) in [6, 6.07) is 5.40. The molecule has 8 nitrogen and oxygen atoms in total. The van der Waals surface area contributed by atoms with E-state index in [1.165, 1.54) is 18.2 Å². The molecule has 3 heterocycles. The van der Waals surface area contributed by atoms with Crippen molar-refractivity contribution >= 4 is 23.5 Å². The van der Waals surface area contributed by atoms with Crippen LogP contribution in [0.3, 0.4) is 0 Å². The molecule has 10 heteroatoms.